The summed E-state index contributed by atoms with van der Waals surface area (Å²) in [6, 6.07) is 5.69. The van der Waals surface area contributed by atoms with Crippen LogP contribution in [0.2, 0.25) is 0 Å². The zero-order valence-electron chi connectivity index (χ0n) is 15.9. The molecule has 2 aliphatic heterocycles. The smallest absolute Gasteiger partial charge is 0.414 e. The standard InChI is InChI=1S/C19H18FN3O6S/c1-30(26,27)28-11-14-10-23(19(25)29-14)13-2-3-17(16(20)8-13)22-7-5-12-9-21-6-4-15(12)18(22)24/h2-4,6,8-9,14H,5,7,10-11H2,1H3/t14-/m1/s1. The number of aromatic nitrogens is 1. The molecule has 158 valence electrons. The minimum absolute atomic E-state index is 0.0101. The Hall–Kier alpha value is -3.05. The summed E-state index contributed by atoms with van der Waals surface area (Å²) < 4.78 is 46.8. The zero-order chi connectivity index (χ0) is 21.5. The number of amides is 2. The highest BCUT2D eigenvalue weighted by molar-refractivity contribution is 7.85. The van der Waals surface area contributed by atoms with E-state index in [4.69, 9.17) is 4.74 Å². The van der Waals surface area contributed by atoms with Gasteiger partial charge in [0.1, 0.15) is 18.5 Å². The molecule has 2 aliphatic rings. The van der Waals surface area contributed by atoms with Crippen molar-refractivity contribution in [2.45, 2.75) is 12.5 Å². The number of benzene rings is 1. The summed E-state index contributed by atoms with van der Waals surface area (Å²) in [6.07, 6.45) is 3.06. The van der Waals surface area contributed by atoms with Gasteiger partial charge < -0.3 is 9.64 Å². The maximum atomic E-state index is 14.9. The number of carbonyl (C=O) groups is 2. The Morgan fingerprint density at radius 3 is 2.80 bits per heavy atom. The van der Waals surface area contributed by atoms with Crippen molar-refractivity contribution in [2.24, 2.45) is 0 Å². The van der Waals surface area contributed by atoms with Crippen LogP contribution in [0.15, 0.2) is 36.7 Å². The normalized spacial score (nSPS) is 19.1. The summed E-state index contributed by atoms with van der Waals surface area (Å²) in [4.78, 5) is 31.4. The predicted molar refractivity (Wildman–Crippen MR) is 104 cm³/mol. The fourth-order valence-electron chi connectivity index (χ4n) is 3.45. The lowest BCUT2D eigenvalue weighted by Crippen LogP contribution is -2.38. The molecule has 4 rings (SSSR count). The van der Waals surface area contributed by atoms with Crippen molar-refractivity contribution in [3.63, 3.8) is 0 Å². The largest absolute Gasteiger partial charge is 0.441 e. The number of anilines is 2. The molecule has 0 aliphatic carbocycles. The topological polar surface area (TPSA) is 106 Å². The van der Waals surface area contributed by atoms with Gasteiger partial charge in [0.15, 0.2) is 0 Å². The van der Waals surface area contributed by atoms with Gasteiger partial charge in [0.25, 0.3) is 16.0 Å². The van der Waals surface area contributed by atoms with Gasteiger partial charge in [-0.3, -0.25) is 18.9 Å². The molecule has 11 heteroatoms. The monoisotopic (exact) mass is 435 g/mol. The Bertz CT molecular complexity index is 1120. The number of hydrogen-bond acceptors (Lipinski definition) is 7. The van der Waals surface area contributed by atoms with Gasteiger partial charge in [-0.05, 0) is 36.2 Å². The van der Waals surface area contributed by atoms with E-state index in [1.54, 1.807) is 12.3 Å². The van der Waals surface area contributed by atoms with Gasteiger partial charge in [0.2, 0.25) is 0 Å². The van der Waals surface area contributed by atoms with E-state index in [0.29, 0.717) is 18.5 Å². The lowest BCUT2D eigenvalue weighted by atomic mass is 10.0. The third kappa shape index (κ3) is 3.98. The summed E-state index contributed by atoms with van der Waals surface area (Å²) in [5, 5.41) is 0. The van der Waals surface area contributed by atoms with Crippen LogP contribution in [-0.4, -0.2) is 57.5 Å². The molecule has 1 aromatic carbocycles. The highest BCUT2D eigenvalue weighted by atomic mass is 32.2. The van der Waals surface area contributed by atoms with Gasteiger partial charge in [-0.2, -0.15) is 8.42 Å². The highest BCUT2D eigenvalue weighted by Gasteiger charge is 2.34. The molecule has 30 heavy (non-hydrogen) atoms. The molecular formula is C19H18FN3O6S. The van der Waals surface area contributed by atoms with Gasteiger partial charge in [-0.1, -0.05) is 0 Å². The molecule has 0 spiro atoms. The average Bonchev–Trinajstić information content (AvgIpc) is 3.08. The van der Waals surface area contributed by atoms with E-state index < -0.39 is 28.1 Å². The second-order valence-electron chi connectivity index (χ2n) is 6.98. The maximum absolute atomic E-state index is 14.9. The van der Waals surface area contributed by atoms with Crippen LogP contribution in [0.25, 0.3) is 0 Å². The Morgan fingerprint density at radius 2 is 2.07 bits per heavy atom. The minimum atomic E-state index is -3.67. The highest BCUT2D eigenvalue weighted by Crippen LogP contribution is 2.31. The number of ether oxygens (including phenoxy) is 1. The molecule has 0 unspecified atom stereocenters. The van der Waals surface area contributed by atoms with Crippen molar-refractivity contribution in [3.05, 3.63) is 53.6 Å². The molecule has 9 nitrogen and oxygen atoms in total. The van der Waals surface area contributed by atoms with Crippen LogP contribution in [0.3, 0.4) is 0 Å². The molecule has 2 amide bonds. The molecule has 1 fully saturated rings. The number of pyridine rings is 1. The third-order valence-electron chi connectivity index (χ3n) is 4.86. The van der Waals surface area contributed by atoms with Crippen LogP contribution in [0.5, 0.6) is 0 Å². The van der Waals surface area contributed by atoms with Gasteiger partial charge >= 0.3 is 6.09 Å². The summed E-state index contributed by atoms with van der Waals surface area (Å²) in [7, 11) is -3.67. The van der Waals surface area contributed by atoms with Crippen LogP contribution in [0.1, 0.15) is 15.9 Å². The Kier molecular flexibility index (Phi) is 5.16. The summed E-state index contributed by atoms with van der Waals surface area (Å²) >= 11 is 0. The second-order valence-corrected chi connectivity index (χ2v) is 8.62. The van der Waals surface area contributed by atoms with Crippen LogP contribution >= 0.6 is 0 Å². The molecule has 3 heterocycles. The lowest BCUT2D eigenvalue weighted by Gasteiger charge is -2.29. The van der Waals surface area contributed by atoms with Crippen molar-refractivity contribution in [2.75, 3.05) is 35.8 Å². The molecule has 0 saturated carbocycles. The summed E-state index contributed by atoms with van der Waals surface area (Å²) in [5.41, 5.74) is 1.64. The number of hydrogen-bond donors (Lipinski definition) is 0. The van der Waals surface area contributed by atoms with E-state index >= 15 is 0 Å². The van der Waals surface area contributed by atoms with Crippen molar-refractivity contribution < 1.29 is 31.3 Å². The van der Waals surface area contributed by atoms with E-state index in [1.807, 2.05) is 0 Å². The number of fused-ring (bicyclic) bond motifs is 1. The van der Waals surface area contributed by atoms with Gasteiger partial charge in [0.05, 0.1) is 24.2 Å². The first-order chi connectivity index (χ1) is 14.2. The maximum Gasteiger partial charge on any atom is 0.414 e. The zero-order valence-corrected chi connectivity index (χ0v) is 16.8. The molecule has 1 atom stereocenters. The van der Waals surface area contributed by atoms with Crippen LogP contribution in [0.4, 0.5) is 20.6 Å². The van der Waals surface area contributed by atoms with E-state index in [9.17, 15) is 22.4 Å². The van der Waals surface area contributed by atoms with E-state index in [0.717, 1.165) is 17.9 Å². The summed E-state index contributed by atoms with van der Waals surface area (Å²) in [6.45, 7) is -0.00119. The van der Waals surface area contributed by atoms with Crippen molar-refractivity contribution in [1.82, 2.24) is 4.98 Å². The van der Waals surface area contributed by atoms with Gasteiger partial charge in [-0.15, -0.1) is 0 Å². The quantitative estimate of drug-likeness (QED) is 0.659. The fraction of sp³-hybridized carbons (Fsp3) is 0.316. The van der Waals surface area contributed by atoms with Crippen LogP contribution in [0, 0.1) is 5.82 Å². The number of halogens is 1. The number of cyclic esters (lactones) is 1. The molecule has 2 aromatic rings. The fourth-order valence-corrected chi connectivity index (χ4v) is 3.84. The molecule has 1 saturated heterocycles. The van der Waals surface area contributed by atoms with Gasteiger partial charge in [0, 0.05) is 24.5 Å². The minimum Gasteiger partial charge on any atom is -0.441 e. The van der Waals surface area contributed by atoms with E-state index in [1.165, 1.54) is 28.1 Å². The van der Waals surface area contributed by atoms with Crippen molar-refractivity contribution in [1.29, 1.82) is 0 Å². The second kappa shape index (κ2) is 7.65. The number of nitrogens with zero attached hydrogens (tertiary/aromatic N) is 3. The van der Waals surface area contributed by atoms with Gasteiger partial charge in [-0.25, -0.2) is 9.18 Å². The SMILES string of the molecule is CS(=O)(=O)OC[C@H]1CN(c2ccc(N3CCc4cnccc4C3=O)c(F)c2)C(=O)O1. The van der Waals surface area contributed by atoms with Crippen LogP contribution < -0.4 is 9.80 Å². The first-order valence-electron chi connectivity index (χ1n) is 9.10. The van der Waals surface area contributed by atoms with Crippen LogP contribution in [-0.2, 0) is 25.5 Å². The molecule has 0 bridgehead atoms. The Labute approximate surface area is 172 Å². The van der Waals surface area contributed by atoms with Crippen molar-refractivity contribution in [3.8, 4) is 0 Å². The molecular weight excluding hydrogens is 417 g/mol. The third-order valence-corrected chi connectivity index (χ3v) is 5.42. The van der Waals surface area contributed by atoms with E-state index in [-0.39, 0.29) is 30.4 Å². The molecule has 1 aromatic heterocycles. The Balaban J connectivity index is 1.52. The summed E-state index contributed by atoms with van der Waals surface area (Å²) in [5.74, 6) is -0.981. The first-order valence-corrected chi connectivity index (χ1v) is 10.9. The first kappa shape index (κ1) is 20.2. The molecule has 0 N–H and O–H groups in total. The average molecular weight is 435 g/mol. The number of rotatable bonds is 5. The number of carbonyl (C=O) groups excluding carboxylic acids is 2. The Morgan fingerprint density at radius 1 is 1.27 bits per heavy atom. The van der Waals surface area contributed by atoms with E-state index in [2.05, 4.69) is 9.17 Å². The molecule has 0 radical (unpaired) electrons. The van der Waals surface area contributed by atoms with Crippen molar-refractivity contribution >= 4 is 33.5 Å². The lowest BCUT2D eigenvalue weighted by molar-refractivity contribution is 0.0979. The predicted octanol–water partition coefficient (Wildman–Crippen LogP) is 1.72.